The second-order valence-corrected chi connectivity index (χ2v) is 5.77. The monoisotopic (exact) mass is 354 g/mol. The summed E-state index contributed by atoms with van der Waals surface area (Å²) in [6.07, 6.45) is -1.35. The van der Waals surface area contributed by atoms with Gasteiger partial charge in [0.2, 0.25) is 0 Å². The van der Waals surface area contributed by atoms with E-state index in [1.165, 1.54) is 11.0 Å². The van der Waals surface area contributed by atoms with Crippen molar-refractivity contribution in [2.24, 2.45) is 0 Å². The predicted molar refractivity (Wildman–Crippen MR) is 82.8 cm³/mol. The lowest BCUT2D eigenvalue weighted by molar-refractivity contribution is -0.137. The number of carbonyl (C=O) groups excluding carboxylic acids is 1. The summed E-state index contributed by atoms with van der Waals surface area (Å²) in [4.78, 5) is 17.5. The number of hydrogen-bond acceptors (Lipinski definition) is 4. The van der Waals surface area contributed by atoms with E-state index in [4.69, 9.17) is 0 Å². The van der Waals surface area contributed by atoms with Gasteiger partial charge in [0.25, 0.3) is 0 Å². The first-order valence-electron chi connectivity index (χ1n) is 7.88. The van der Waals surface area contributed by atoms with Crippen LogP contribution in [-0.4, -0.2) is 26.0 Å². The molecule has 134 valence electrons. The standard InChI is InChI=1S/C15H17F3N6O/c1-2-24-20-8-11(23-24)7-19-14(25)22-13-6-10(15(16,17)18)5-12(21-13)9-3-4-9/h5-6,8-9H,2-4,7H2,1H3,(H2,19,21,22,25). The highest BCUT2D eigenvalue weighted by Gasteiger charge is 2.34. The zero-order chi connectivity index (χ0) is 18.0. The lowest BCUT2D eigenvalue weighted by Crippen LogP contribution is -2.29. The molecule has 1 fully saturated rings. The van der Waals surface area contributed by atoms with Crippen LogP contribution in [0.25, 0.3) is 0 Å². The van der Waals surface area contributed by atoms with Crippen molar-refractivity contribution >= 4 is 11.8 Å². The zero-order valence-electron chi connectivity index (χ0n) is 13.5. The Hall–Kier alpha value is -2.65. The Morgan fingerprint density at radius 2 is 2.12 bits per heavy atom. The van der Waals surface area contributed by atoms with Gasteiger partial charge in [-0.3, -0.25) is 5.32 Å². The van der Waals surface area contributed by atoms with Crippen molar-refractivity contribution in [2.45, 2.75) is 44.9 Å². The molecular formula is C15H17F3N6O. The van der Waals surface area contributed by atoms with Crippen LogP contribution in [0.3, 0.4) is 0 Å². The Bertz CT molecular complexity index is 769. The summed E-state index contributed by atoms with van der Waals surface area (Å²) in [7, 11) is 0. The quantitative estimate of drug-likeness (QED) is 0.865. The first kappa shape index (κ1) is 17.2. The van der Waals surface area contributed by atoms with Gasteiger partial charge in [0.15, 0.2) is 0 Å². The van der Waals surface area contributed by atoms with Gasteiger partial charge < -0.3 is 5.32 Å². The van der Waals surface area contributed by atoms with E-state index < -0.39 is 17.8 Å². The Labute approximate surface area is 141 Å². The smallest absolute Gasteiger partial charge is 0.332 e. The molecule has 0 bridgehead atoms. The van der Waals surface area contributed by atoms with Crippen LogP contribution in [-0.2, 0) is 19.3 Å². The number of urea groups is 1. The molecule has 2 amide bonds. The third-order valence-electron chi connectivity index (χ3n) is 3.71. The SMILES string of the molecule is CCn1ncc(CNC(=O)Nc2cc(C(F)(F)F)cc(C3CC3)n2)n1. The molecule has 25 heavy (non-hydrogen) atoms. The number of nitrogens with one attached hydrogen (secondary N) is 2. The average molecular weight is 354 g/mol. The van der Waals surface area contributed by atoms with Gasteiger partial charge in [0.05, 0.1) is 24.8 Å². The van der Waals surface area contributed by atoms with E-state index in [9.17, 15) is 18.0 Å². The van der Waals surface area contributed by atoms with E-state index in [0.29, 0.717) is 17.9 Å². The minimum absolute atomic E-state index is 0.0370. The van der Waals surface area contributed by atoms with E-state index in [2.05, 4.69) is 25.8 Å². The van der Waals surface area contributed by atoms with Crippen molar-refractivity contribution in [3.8, 4) is 0 Å². The van der Waals surface area contributed by atoms with Gasteiger partial charge in [0, 0.05) is 11.6 Å². The fourth-order valence-corrected chi connectivity index (χ4v) is 2.27. The molecule has 1 aliphatic rings. The molecule has 2 aromatic heterocycles. The summed E-state index contributed by atoms with van der Waals surface area (Å²) in [5.74, 6) is -0.0820. The first-order chi connectivity index (χ1) is 11.8. The summed E-state index contributed by atoms with van der Waals surface area (Å²) in [5.41, 5.74) is 0.0919. The molecule has 2 N–H and O–H groups in total. The molecule has 0 radical (unpaired) electrons. The van der Waals surface area contributed by atoms with Crippen molar-refractivity contribution in [3.05, 3.63) is 35.3 Å². The number of anilines is 1. The number of aromatic nitrogens is 4. The lowest BCUT2D eigenvalue weighted by Gasteiger charge is -2.12. The molecule has 0 saturated heterocycles. The van der Waals surface area contributed by atoms with Crippen LogP contribution < -0.4 is 10.6 Å². The fraction of sp³-hybridized carbons (Fsp3) is 0.467. The molecule has 0 aromatic carbocycles. The van der Waals surface area contributed by atoms with E-state index in [-0.39, 0.29) is 18.3 Å². The molecular weight excluding hydrogens is 337 g/mol. The zero-order valence-corrected chi connectivity index (χ0v) is 13.5. The van der Waals surface area contributed by atoms with Crippen LogP contribution in [0.15, 0.2) is 18.3 Å². The summed E-state index contributed by atoms with van der Waals surface area (Å²) in [5, 5.41) is 12.9. The molecule has 1 aliphatic carbocycles. The number of nitrogens with zero attached hydrogens (tertiary/aromatic N) is 4. The maximum Gasteiger partial charge on any atom is 0.416 e. The van der Waals surface area contributed by atoms with Crippen molar-refractivity contribution in [1.29, 1.82) is 0 Å². The molecule has 0 atom stereocenters. The first-order valence-corrected chi connectivity index (χ1v) is 7.88. The number of amides is 2. The minimum Gasteiger partial charge on any atom is -0.332 e. The van der Waals surface area contributed by atoms with Crippen LogP contribution in [0.2, 0.25) is 0 Å². The van der Waals surface area contributed by atoms with Crippen LogP contribution in [0, 0.1) is 0 Å². The number of halogens is 3. The normalized spacial score (nSPS) is 14.4. The largest absolute Gasteiger partial charge is 0.416 e. The minimum atomic E-state index is -4.49. The summed E-state index contributed by atoms with van der Waals surface area (Å²) < 4.78 is 39.0. The number of carbonyl (C=O) groups is 1. The lowest BCUT2D eigenvalue weighted by atomic mass is 10.1. The van der Waals surface area contributed by atoms with Gasteiger partial charge in [-0.25, -0.2) is 9.78 Å². The fourth-order valence-electron chi connectivity index (χ4n) is 2.27. The molecule has 10 heteroatoms. The van der Waals surface area contributed by atoms with Gasteiger partial charge in [-0.15, -0.1) is 0 Å². The Balaban J connectivity index is 1.66. The van der Waals surface area contributed by atoms with Gasteiger partial charge >= 0.3 is 12.2 Å². The highest BCUT2D eigenvalue weighted by atomic mass is 19.4. The van der Waals surface area contributed by atoms with E-state index >= 15 is 0 Å². The number of aryl methyl sites for hydroxylation is 1. The molecule has 0 aliphatic heterocycles. The summed E-state index contributed by atoms with van der Waals surface area (Å²) >= 11 is 0. The molecule has 0 spiro atoms. The molecule has 2 aromatic rings. The Kier molecular flexibility index (Phi) is 4.60. The summed E-state index contributed by atoms with van der Waals surface area (Å²) in [6.45, 7) is 2.59. The highest BCUT2D eigenvalue weighted by Crippen LogP contribution is 2.41. The maximum absolute atomic E-state index is 13.0. The van der Waals surface area contributed by atoms with Gasteiger partial charge in [0.1, 0.15) is 11.5 Å². The van der Waals surface area contributed by atoms with Crippen LogP contribution >= 0.6 is 0 Å². The third-order valence-corrected chi connectivity index (χ3v) is 3.71. The van der Waals surface area contributed by atoms with Crippen LogP contribution in [0.1, 0.15) is 42.6 Å². The molecule has 7 nitrogen and oxygen atoms in total. The summed E-state index contributed by atoms with van der Waals surface area (Å²) in [6, 6.07) is 1.22. The van der Waals surface area contributed by atoms with Crippen LogP contribution in [0.5, 0.6) is 0 Å². The highest BCUT2D eigenvalue weighted by molar-refractivity contribution is 5.88. The molecule has 2 heterocycles. The van der Waals surface area contributed by atoms with Crippen molar-refractivity contribution in [3.63, 3.8) is 0 Å². The number of alkyl halides is 3. The van der Waals surface area contributed by atoms with Crippen LogP contribution in [0.4, 0.5) is 23.8 Å². The number of rotatable bonds is 5. The van der Waals surface area contributed by atoms with E-state index in [1.807, 2.05) is 6.92 Å². The van der Waals surface area contributed by atoms with E-state index in [0.717, 1.165) is 25.0 Å². The third kappa shape index (κ3) is 4.46. The predicted octanol–water partition coefficient (Wildman–Crippen LogP) is 2.91. The number of pyridine rings is 1. The molecule has 0 unspecified atom stereocenters. The second kappa shape index (κ2) is 6.69. The number of hydrogen-bond donors (Lipinski definition) is 2. The van der Waals surface area contributed by atoms with Crippen molar-refractivity contribution in [2.75, 3.05) is 5.32 Å². The molecule has 1 saturated carbocycles. The Morgan fingerprint density at radius 3 is 2.72 bits per heavy atom. The Morgan fingerprint density at radius 1 is 1.36 bits per heavy atom. The maximum atomic E-state index is 13.0. The van der Waals surface area contributed by atoms with Crippen molar-refractivity contribution in [1.82, 2.24) is 25.3 Å². The topological polar surface area (TPSA) is 84.7 Å². The van der Waals surface area contributed by atoms with Gasteiger partial charge in [-0.05, 0) is 31.9 Å². The van der Waals surface area contributed by atoms with Crippen molar-refractivity contribution < 1.29 is 18.0 Å². The van der Waals surface area contributed by atoms with Gasteiger partial charge in [-0.2, -0.15) is 28.2 Å². The average Bonchev–Trinajstić information content (AvgIpc) is 3.30. The van der Waals surface area contributed by atoms with E-state index in [1.54, 1.807) is 0 Å². The molecule has 3 rings (SSSR count). The second-order valence-electron chi connectivity index (χ2n) is 5.77. The van der Waals surface area contributed by atoms with Gasteiger partial charge in [-0.1, -0.05) is 0 Å².